The van der Waals surface area contributed by atoms with E-state index in [-0.39, 0.29) is 29.5 Å². The predicted octanol–water partition coefficient (Wildman–Crippen LogP) is 5.25. The maximum absolute atomic E-state index is 12.3. The third-order valence-corrected chi connectivity index (χ3v) is 10.1. The summed E-state index contributed by atoms with van der Waals surface area (Å²) >= 11 is 0. The van der Waals surface area contributed by atoms with Gasteiger partial charge in [0.1, 0.15) is 0 Å². The molecule has 1 aromatic carbocycles. The first kappa shape index (κ1) is 23.7. The third-order valence-electron chi connectivity index (χ3n) is 10.1. The van der Waals surface area contributed by atoms with Crippen LogP contribution in [0.25, 0.3) is 0 Å². The summed E-state index contributed by atoms with van der Waals surface area (Å²) in [4.78, 5) is 24.2. The zero-order valence-electron chi connectivity index (χ0n) is 20.7. The van der Waals surface area contributed by atoms with Gasteiger partial charge in [0.15, 0.2) is 11.6 Å². The second-order valence-corrected chi connectivity index (χ2v) is 11.7. The van der Waals surface area contributed by atoms with E-state index < -0.39 is 5.60 Å². The Labute approximate surface area is 203 Å². The van der Waals surface area contributed by atoms with Crippen molar-refractivity contribution in [2.24, 2.45) is 35.0 Å². The third kappa shape index (κ3) is 3.56. The van der Waals surface area contributed by atoms with Crippen molar-refractivity contribution in [3.8, 4) is 0 Å². The molecule has 0 amide bonds. The van der Waals surface area contributed by atoms with Gasteiger partial charge in [-0.05, 0) is 86.2 Å². The number of carbonyl (C=O) groups excluding carboxylic acids is 2. The number of aliphatic hydroxyl groups is 2. The highest BCUT2D eigenvalue weighted by Gasteiger charge is 2.64. The van der Waals surface area contributed by atoms with Crippen molar-refractivity contribution in [3.63, 3.8) is 0 Å². The SMILES string of the molecule is CC(=O)c1ccc([C@H]2C[C@@]3(C)[C@@H](CC[C@@]3(O)/C=C\CO)[C@@H]3C[C@H](C)C4=CC(=O)CC[C@@H]4[C@H]32)cc1. The molecular formula is C30H38O4. The van der Waals surface area contributed by atoms with Crippen molar-refractivity contribution >= 4 is 11.6 Å². The molecule has 0 unspecified atom stereocenters. The Hall–Kier alpha value is -2.04. The average molecular weight is 463 g/mol. The van der Waals surface area contributed by atoms with Gasteiger partial charge in [-0.1, -0.05) is 55.8 Å². The van der Waals surface area contributed by atoms with E-state index in [1.54, 1.807) is 13.0 Å². The number of benzene rings is 1. The summed E-state index contributed by atoms with van der Waals surface area (Å²) in [6.45, 7) is 6.08. The van der Waals surface area contributed by atoms with Crippen LogP contribution < -0.4 is 0 Å². The summed E-state index contributed by atoms with van der Waals surface area (Å²) in [6.07, 6.45) is 10.7. The van der Waals surface area contributed by atoms with Gasteiger partial charge in [0.25, 0.3) is 0 Å². The Morgan fingerprint density at radius 2 is 1.91 bits per heavy atom. The van der Waals surface area contributed by atoms with E-state index in [0.717, 1.165) is 37.7 Å². The first-order valence-electron chi connectivity index (χ1n) is 13.0. The second-order valence-electron chi connectivity index (χ2n) is 11.7. The van der Waals surface area contributed by atoms with E-state index in [1.165, 1.54) is 11.1 Å². The number of fused-ring (bicyclic) bond motifs is 5. The predicted molar refractivity (Wildman–Crippen MR) is 132 cm³/mol. The Bertz CT molecular complexity index is 1040. The molecule has 0 radical (unpaired) electrons. The van der Waals surface area contributed by atoms with Crippen molar-refractivity contribution in [2.75, 3.05) is 6.61 Å². The van der Waals surface area contributed by atoms with Crippen LogP contribution in [0.15, 0.2) is 48.1 Å². The standard InChI is InChI=1S/C30H38O4/c1-18-15-25-27-11-13-30(34,12-4-14-31)29(27,3)17-26(21-7-5-20(6-8-21)19(2)32)28(25)23-10-9-22(33)16-24(18)23/h4-8,12,16,18,23,25-28,31,34H,9-11,13-15,17H2,1-3H3/b12-4-/t18-,23-,25-,26+,27-,28+,29-,30-/m0/s1. The summed E-state index contributed by atoms with van der Waals surface area (Å²) in [5, 5.41) is 21.3. The van der Waals surface area contributed by atoms with Crippen molar-refractivity contribution in [1.82, 2.24) is 0 Å². The highest BCUT2D eigenvalue weighted by molar-refractivity contribution is 5.94. The Morgan fingerprint density at radius 1 is 1.18 bits per heavy atom. The fraction of sp³-hybridized carbons (Fsp3) is 0.600. The van der Waals surface area contributed by atoms with Gasteiger partial charge >= 0.3 is 0 Å². The monoisotopic (exact) mass is 462 g/mol. The van der Waals surface area contributed by atoms with Crippen LogP contribution in [0.2, 0.25) is 0 Å². The molecule has 0 heterocycles. The number of hydrogen-bond acceptors (Lipinski definition) is 4. The number of hydrogen-bond donors (Lipinski definition) is 2. The van der Waals surface area contributed by atoms with Gasteiger partial charge in [-0.2, -0.15) is 0 Å². The normalized spacial score (nSPS) is 41.6. The number of Topliss-reactive ketones (excluding diaryl/α,β-unsaturated/α-hetero) is 1. The summed E-state index contributed by atoms with van der Waals surface area (Å²) in [6, 6.07) is 8.13. The van der Waals surface area contributed by atoms with Crippen LogP contribution in [0.3, 0.4) is 0 Å². The molecule has 0 aliphatic heterocycles. The van der Waals surface area contributed by atoms with Crippen LogP contribution in [-0.4, -0.2) is 34.0 Å². The van der Waals surface area contributed by atoms with Crippen LogP contribution in [-0.2, 0) is 4.79 Å². The Kier molecular flexibility index (Phi) is 5.97. The quantitative estimate of drug-likeness (QED) is 0.473. The molecule has 0 aromatic heterocycles. The Balaban J connectivity index is 1.62. The smallest absolute Gasteiger partial charge is 0.159 e. The van der Waals surface area contributed by atoms with Crippen molar-refractivity contribution in [1.29, 1.82) is 0 Å². The molecule has 3 saturated carbocycles. The van der Waals surface area contributed by atoms with Crippen LogP contribution in [0, 0.1) is 35.0 Å². The summed E-state index contributed by atoms with van der Waals surface area (Å²) in [5.41, 5.74) is 2.11. The van der Waals surface area contributed by atoms with Crippen LogP contribution >= 0.6 is 0 Å². The van der Waals surface area contributed by atoms with Gasteiger partial charge in [0, 0.05) is 17.4 Å². The van der Waals surface area contributed by atoms with Crippen LogP contribution in [0.1, 0.15) is 81.1 Å². The highest BCUT2D eigenvalue weighted by Crippen LogP contribution is 2.68. The van der Waals surface area contributed by atoms with Crippen molar-refractivity contribution in [2.45, 2.75) is 70.8 Å². The summed E-state index contributed by atoms with van der Waals surface area (Å²) in [5.74, 6) is 2.74. The lowest BCUT2D eigenvalue weighted by atomic mass is 9.45. The lowest BCUT2D eigenvalue weighted by Crippen LogP contribution is -2.55. The molecule has 4 heteroatoms. The van der Waals surface area contributed by atoms with E-state index in [9.17, 15) is 19.8 Å². The molecule has 0 saturated heterocycles. The molecule has 3 fully saturated rings. The molecule has 0 spiro atoms. The van der Waals surface area contributed by atoms with E-state index >= 15 is 0 Å². The molecule has 4 aliphatic carbocycles. The van der Waals surface area contributed by atoms with Gasteiger partial charge in [0.05, 0.1) is 12.2 Å². The Morgan fingerprint density at radius 3 is 2.59 bits per heavy atom. The minimum atomic E-state index is -0.926. The first-order valence-corrected chi connectivity index (χ1v) is 13.0. The first-order chi connectivity index (χ1) is 16.2. The fourth-order valence-electron chi connectivity index (χ4n) is 8.50. The minimum Gasteiger partial charge on any atom is -0.392 e. The maximum atomic E-state index is 12.3. The molecule has 2 N–H and O–H groups in total. The molecular weight excluding hydrogens is 424 g/mol. The van der Waals surface area contributed by atoms with Gasteiger partial charge in [-0.25, -0.2) is 0 Å². The molecule has 1 aromatic rings. The number of allylic oxidation sites excluding steroid dienone is 1. The van der Waals surface area contributed by atoms with Gasteiger partial charge < -0.3 is 10.2 Å². The van der Waals surface area contributed by atoms with Crippen molar-refractivity contribution < 1.29 is 19.8 Å². The van der Waals surface area contributed by atoms with E-state index in [1.807, 2.05) is 24.3 Å². The van der Waals surface area contributed by atoms with E-state index in [2.05, 4.69) is 26.0 Å². The molecule has 4 aliphatic rings. The lowest BCUT2D eigenvalue weighted by Gasteiger charge is -2.59. The zero-order chi connectivity index (χ0) is 24.3. The average Bonchev–Trinajstić information content (AvgIpc) is 3.08. The van der Waals surface area contributed by atoms with Gasteiger partial charge in [-0.15, -0.1) is 0 Å². The topological polar surface area (TPSA) is 74.6 Å². The molecule has 182 valence electrons. The maximum Gasteiger partial charge on any atom is 0.159 e. The largest absolute Gasteiger partial charge is 0.392 e. The van der Waals surface area contributed by atoms with Crippen LogP contribution in [0.4, 0.5) is 0 Å². The molecule has 8 atom stereocenters. The van der Waals surface area contributed by atoms with Crippen LogP contribution in [0.5, 0.6) is 0 Å². The number of ketones is 2. The molecule has 34 heavy (non-hydrogen) atoms. The molecule has 5 rings (SSSR count). The lowest BCUT2D eigenvalue weighted by molar-refractivity contribution is -0.118. The second kappa shape index (κ2) is 8.57. The van der Waals surface area contributed by atoms with E-state index in [4.69, 9.17) is 0 Å². The number of carbonyl (C=O) groups is 2. The minimum absolute atomic E-state index is 0.0632. The van der Waals surface area contributed by atoms with E-state index in [0.29, 0.717) is 36.0 Å². The van der Waals surface area contributed by atoms with Crippen molar-refractivity contribution in [3.05, 3.63) is 59.2 Å². The highest BCUT2D eigenvalue weighted by atomic mass is 16.3. The molecule has 0 bridgehead atoms. The number of aliphatic hydroxyl groups excluding tert-OH is 1. The fourth-order valence-corrected chi connectivity index (χ4v) is 8.50. The zero-order valence-corrected chi connectivity index (χ0v) is 20.7. The van der Waals surface area contributed by atoms with Gasteiger partial charge in [0.2, 0.25) is 0 Å². The molecule has 4 nitrogen and oxygen atoms in total. The summed E-state index contributed by atoms with van der Waals surface area (Å²) < 4.78 is 0. The number of rotatable bonds is 4. The summed E-state index contributed by atoms with van der Waals surface area (Å²) in [7, 11) is 0. The van der Waals surface area contributed by atoms with Gasteiger partial charge in [-0.3, -0.25) is 9.59 Å².